The summed E-state index contributed by atoms with van der Waals surface area (Å²) in [5.41, 5.74) is 4.63. The monoisotopic (exact) mass is 237 g/mol. The third kappa shape index (κ3) is 2.14. The third-order valence-electron chi connectivity index (χ3n) is 3.23. The van der Waals surface area contributed by atoms with Gasteiger partial charge in [-0.15, -0.1) is 0 Å². The number of oxime groups is 1. The summed E-state index contributed by atoms with van der Waals surface area (Å²) in [7, 11) is 0. The lowest BCUT2D eigenvalue weighted by Gasteiger charge is -2.07. The van der Waals surface area contributed by atoms with E-state index in [2.05, 4.69) is 48.5 Å². The van der Waals surface area contributed by atoms with Gasteiger partial charge in [0.25, 0.3) is 0 Å². The molecular weight excluding hydrogens is 222 g/mol. The van der Waals surface area contributed by atoms with Gasteiger partial charge in [0.1, 0.15) is 0 Å². The van der Waals surface area contributed by atoms with Gasteiger partial charge in [0.2, 0.25) is 0 Å². The fourth-order valence-electron chi connectivity index (χ4n) is 2.14. The van der Waals surface area contributed by atoms with Crippen molar-refractivity contribution in [1.29, 1.82) is 0 Å². The molecule has 0 amide bonds. The van der Waals surface area contributed by atoms with Crippen molar-refractivity contribution >= 4 is 5.71 Å². The Bertz CT molecular complexity index is 557. The van der Waals surface area contributed by atoms with Gasteiger partial charge in [-0.05, 0) is 18.1 Å². The number of hydrogen-bond acceptors (Lipinski definition) is 2. The summed E-state index contributed by atoms with van der Waals surface area (Å²) in [6.07, 6.45) is 0.898. The van der Waals surface area contributed by atoms with E-state index < -0.39 is 0 Å². The molecule has 0 bridgehead atoms. The van der Waals surface area contributed by atoms with Gasteiger partial charge in [-0.25, -0.2) is 0 Å². The van der Waals surface area contributed by atoms with Gasteiger partial charge in [0.05, 0.1) is 5.71 Å². The van der Waals surface area contributed by atoms with Crippen molar-refractivity contribution in [2.24, 2.45) is 5.16 Å². The van der Waals surface area contributed by atoms with Crippen LogP contribution in [0.1, 0.15) is 29.2 Å². The first kappa shape index (κ1) is 11.0. The van der Waals surface area contributed by atoms with Crippen LogP contribution in [0.4, 0.5) is 0 Å². The summed E-state index contributed by atoms with van der Waals surface area (Å²) in [5, 5.41) is 4.21. The first-order chi connectivity index (χ1) is 8.83. The van der Waals surface area contributed by atoms with Crippen molar-refractivity contribution in [1.82, 2.24) is 0 Å². The Morgan fingerprint density at radius 1 is 1.00 bits per heavy atom. The summed E-state index contributed by atoms with van der Waals surface area (Å²) in [5.74, 6) is 0. The Hall–Kier alpha value is -2.09. The minimum absolute atomic E-state index is 0.0579. The molecular formula is C16H15NO. The molecule has 0 fully saturated rings. The molecule has 2 aromatic rings. The summed E-state index contributed by atoms with van der Waals surface area (Å²) in [6.45, 7) is 2.09. The van der Waals surface area contributed by atoms with E-state index in [1.807, 2.05) is 18.2 Å². The van der Waals surface area contributed by atoms with E-state index in [1.54, 1.807) is 0 Å². The van der Waals surface area contributed by atoms with E-state index in [1.165, 1.54) is 11.1 Å². The number of aryl methyl sites for hydroxylation is 1. The van der Waals surface area contributed by atoms with Crippen molar-refractivity contribution in [2.75, 3.05) is 0 Å². The summed E-state index contributed by atoms with van der Waals surface area (Å²) in [4.78, 5) is 5.52. The maximum atomic E-state index is 5.52. The number of hydrogen-bond donors (Lipinski definition) is 0. The van der Waals surface area contributed by atoms with Gasteiger partial charge < -0.3 is 4.84 Å². The highest BCUT2D eigenvalue weighted by Crippen LogP contribution is 2.29. The predicted octanol–water partition coefficient (Wildman–Crippen LogP) is 3.86. The van der Waals surface area contributed by atoms with Crippen molar-refractivity contribution in [3.8, 4) is 0 Å². The van der Waals surface area contributed by atoms with Crippen molar-refractivity contribution < 1.29 is 4.84 Å². The standard InChI is InChI=1S/C16H15NO/c1-12-7-9-13(10-8-12)15-11-16(18-17-15)14-5-3-2-4-6-14/h2-10,16H,11H2,1H3. The molecule has 0 saturated heterocycles. The van der Waals surface area contributed by atoms with Gasteiger partial charge in [-0.2, -0.15) is 0 Å². The molecule has 0 aromatic heterocycles. The van der Waals surface area contributed by atoms with Crippen LogP contribution in [0.3, 0.4) is 0 Å². The van der Waals surface area contributed by atoms with Crippen molar-refractivity contribution in [2.45, 2.75) is 19.4 Å². The second-order valence-electron chi connectivity index (χ2n) is 4.61. The third-order valence-corrected chi connectivity index (χ3v) is 3.23. The maximum absolute atomic E-state index is 5.52. The molecule has 18 heavy (non-hydrogen) atoms. The van der Waals surface area contributed by atoms with Crippen LogP contribution in [0.2, 0.25) is 0 Å². The van der Waals surface area contributed by atoms with Gasteiger partial charge in [-0.1, -0.05) is 65.3 Å². The lowest BCUT2D eigenvalue weighted by Crippen LogP contribution is -2.01. The zero-order chi connectivity index (χ0) is 12.4. The molecule has 1 unspecified atom stereocenters. The first-order valence-electron chi connectivity index (χ1n) is 6.17. The van der Waals surface area contributed by atoms with E-state index in [0.717, 1.165) is 17.7 Å². The van der Waals surface area contributed by atoms with Crippen LogP contribution in [0.5, 0.6) is 0 Å². The number of nitrogens with zero attached hydrogens (tertiary/aromatic N) is 1. The molecule has 2 heteroatoms. The van der Waals surface area contributed by atoms with Crippen LogP contribution in [0, 0.1) is 6.92 Å². The fourth-order valence-corrected chi connectivity index (χ4v) is 2.14. The Morgan fingerprint density at radius 2 is 1.72 bits per heavy atom. The van der Waals surface area contributed by atoms with Gasteiger partial charge >= 0.3 is 0 Å². The highest BCUT2D eigenvalue weighted by atomic mass is 16.6. The molecule has 2 aromatic carbocycles. The average molecular weight is 237 g/mol. The summed E-state index contributed by atoms with van der Waals surface area (Å²) < 4.78 is 0. The molecule has 0 aliphatic carbocycles. The Labute approximate surface area is 107 Å². The molecule has 2 nitrogen and oxygen atoms in total. The van der Waals surface area contributed by atoms with Crippen molar-refractivity contribution in [3.63, 3.8) is 0 Å². The van der Waals surface area contributed by atoms with Gasteiger partial charge in [0, 0.05) is 6.42 Å². The SMILES string of the molecule is Cc1ccc(C2=NOC(c3ccccc3)C2)cc1. The second-order valence-corrected chi connectivity index (χ2v) is 4.61. The summed E-state index contributed by atoms with van der Waals surface area (Å²) >= 11 is 0. The maximum Gasteiger partial charge on any atom is 0.158 e. The van der Waals surface area contributed by atoms with E-state index in [0.29, 0.717) is 0 Å². The molecule has 0 spiro atoms. The quantitative estimate of drug-likeness (QED) is 0.777. The number of rotatable bonds is 2. The molecule has 1 aliphatic rings. The molecule has 3 rings (SSSR count). The van der Waals surface area contributed by atoms with Gasteiger partial charge in [-0.3, -0.25) is 0 Å². The zero-order valence-electron chi connectivity index (χ0n) is 10.3. The van der Waals surface area contributed by atoms with Crippen LogP contribution in [0.25, 0.3) is 0 Å². The highest BCUT2D eigenvalue weighted by Gasteiger charge is 2.23. The molecule has 1 atom stereocenters. The Kier molecular flexibility index (Phi) is 2.85. The lowest BCUT2D eigenvalue weighted by atomic mass is 10.00. The average Bonchev–Trinajstić information content (AvgIpc) is 2.90. The van der Waals surface area contributed by atoms with E-state index >= 15 is 0 Å². The Morgan fingerprint density at radius 3 is 2.44 bits per heavy atom. The molecule has 90 valence electrons. The highest BCUT2D eigenvalue weighted by molar-refractivity contribution is 6.01. The van der Waals surface area contributed by atoms with Crippen LogP contribution in [-0.2, 0) is 4.84 Å². The molecule has 0 N–H and O–H groups in total. The lowest BCUT2D eigenvalue weighted by molar-refractivity contribution is 0.0857. The minimum atomic E-state index is 0.0579. The van der Waals surface area contributed by atoms with Crippen LogP contribution in [-0.4, -0.2) is 5.71 Å². The molecule has 1 aliphatic heterocycles. The predicted molar refractivity (Wildman–Crippen MR) is 72.6 cm³/mol. The van der Waals surface area contributed by atoms with Crippen LogP contribution in [0.15, 0.2) is 59.8 Å². The van der Waals surface area contributed by atoms with E-state index in [9.17, 15) is 0 Å². The largest absolute Gasteiger partial charge is 0.387 e. The second kappa shape index (κ2) is 4.65. The van der Waals surface area contributed by atoms with Crippen LogP contribution >= 0.6 is 0 Å². The molecule has 0 saturated carbocycles. The normalized spacial score (nSPS) is 18.3. The zero-order valence-corrected chi connectivity index (χ0v) is 10.3. The van der Waals surface area contributed by atoms with E-state index in [4.69, 9.17) is 4.84 Å². The fraction of sp³-hybridized carbons (Fsp3) is 0.188. The Balaban J connectivity index is 1.77. The van der Waals surface area contributed by atoms with E-state index in [-0.39, 0.29) is 6.10 Å². The van der Waals surface area contributed by atoms with Crippen molar-refractivity contribution in [3.05, 3.63) is 71.3 Å². The summed E-state index contributed by atoms with van der Waals surface area (Å²) in [6, 6.07) is 18.7. The number of benzene rings is 2. The van der Waals surface area contributed by atoms with Gasteiger partial charge in [0.15, 0.2) is 6.10 Å². The topological polar surface area (TPSA) is 21.6 Å². The minimum Gasteiger partial charge on any atom is -0.387 e. The molecule has 0 radical (unpaired) electrons. The first-order valence-corrected chi connectivity index (χ1v) is 6.17. The van der Waals surface area contributed by atoms with Crippen LogP contribution < -0.4 is 0 Å². The molecule has 1 heterocycles. The smallest absolute Gasteiger partial charge is 0.158 e.